The molecule has 0 amide bonds. The Hall–Kier alpha value is -0.680. The van der Waals surface area contributed by atoms with Crippen LogP contribution in [0.2, 0.25) is 0 Å². The highest BCUT2D eigenvalue weighted by molar-refractivity contribution is 9.10. The van der Waals surface area contributed by atoms with Crippen molar-refractivity contribution in [2.75, 3.05) is 0 Å². The van der Waals surface area contributed by atoms with Crippen molar-refractivity contribution in [1.82, 2.24) is 9.55 Å². The summed E-state index contributed by atoms with van der Waals surface area (Å²) in [6, 6.07) is 3.29. The molecule has 90 valence electrons. The molecule has 1 aromatic carbocycles. The lowest BCUT2D eigenvalue weighted by Crippen LogP contribution is -2.18. The minimum atomic E-state index is -0.260. The number of nitrogens with one attached hydrogen (secondary N) is 1. The number of aromatic nitrogens is 2. The van der Waals surface area contributed by atoms with Crippen molar-refractivity contribution in [3.05, 3.63) is 27.2 Å². The third-order valence-electron chi connectivity index (χ3n) is 3.48. The van der Waals surface area contributed by atoms with Crippen molar-refractivity contribution >= 4 is 39.2 Å². The van der Waals surface area contributed by atoms with Gasteiger partial charge in [0, 0.05) is 12.6 Å². The Morgan fingerprint density at radius 2 is 2.24 bits per heavy atom. The van der Waals surface area contributed by atoms with E-state index < -0.39 is 0 Å². The molecule has 17 heavy (non-hydrogen) atoms. The number of fused-ring (bicyclic) bond motifs is 1. The van der Waals surface area contributed by atoms with Gasteiger partial charge in [0.15, 0.2) is 4.77 Å². The zero-order chi connectivity index (χ0) is 12.0. The number of benzene rings is 1. The standard InChI is InChI=1S/C12H12BrFN2S/c13-8-4-11-10(5-9(8)14)15-12(17)16(11)6-7-2-1-3-7/h4-5,7H,1-3,6H2,(H,15,17). The van der Waals surface area contributed by atoms with Crippen molar-refractivity contribution in [1.29, 1.82) is 0 Å². The van der Waals surface area contributed by atoms with Crippen LogP contribution < -0.4 is 0 Å². The van der Waals surface area contributed by atoms with Gasteiger partial charge in [-0.3, -0.25) is 0 Å². The van der Waals surface area contributed by atoms with Gasteiger partial charge in [0.05, 0.1) is 15.5 Å². The Kier molecular flexibility index (Phi) is 2.83. The van der Waals surface area contributed by atoms with Gasteiger partial charge in [0.2, 0.25) is 0 Å². The number of nitrogens with zero attached hydrogens (tertiary/aromatic N) is 1. The molecule has 1 fully saturated rings. The molecular weight excluding hydrogens is 303 g/mol. The van der Waals surface area contributed by atoms with E-state index in [4.69, 9.17) is 12.2 Å². The van der Waals surface area contributed by atoms with Gasteiger partial charge in [0.1, 0.15) is 5.82 Å². The molecule has 0 atom stereocenters. The minimum Gasteiger partial charge on any atom is -0.330 e. The summed E-state index contributed by atoms with van der Waals surface area (Å²) in [5, 5.41) is 0. The third-order valence-corrected chi connectivity index (χ3v) is 4.41. The zero-order valence-electron chi connectivity index (χ0n) is 9.17. The highest BCUT2D eigenvalue weighted by Crippen LogP contribution is 2.30. The maximum Gasteiger partial charge on any atom is 0.178 e. The molecule has 2 aromatic rings. The van der Waals surface area contributed by atoms with Crippen molar-refractivity contribution < 1.29 is 4.39 Å². The molecule has 2 nitrogen and oxygen atoms in total. The Morgan fingerprint density at radius 3 is 2.88 bits per heavy atom. The molecule has 1 saturated carbocycles. The van der Waals surface area contributed by atoms with Crippen LogP contribution in [0.4, 0.5) is 4.39 Å². The lowest BCUT2D eigenvalue weighted by Gasteiger charge is -2.25. The van der Waals surface area contributed by atoms with Crippen LogP contribution in [0, 0.1) is 16.5 Å². The average molecular weight is 315 g/mol. The third kappa shape index (κ3) is 1.95. The molecule has 1 heterocycles. The number of rotatable bonds is 2. The first kappa shape index (κ1) is 11.4. The quantitative estimate of drug-likeness (QED) is 0.815. The summed E-state index contributed by atoms with van der Waals surface area (Å²) in [7, 11) is 0. The normalized spacial score (nSPS) is 16.4. The molecule has 1 aromatic heterocycles. The predicted octanol–water partition coefficient (Wildman–Crippen LogP) is 4.40. The van der Waals surface area contributed by atoms with Gasteiger partial charge in [-0.2, -0.15) is 0 Å². The molecular formula is C12H12BrFN2S. The largest absolute Gasteiger partial charge is 0.330 e. The molecule has 1 N–H and O–H groups in total. The number of halogens is 2. The van der Waals surface area contributed by atoms with Crippen LogP contribution in [0.25, 0.3) is 11.0 Å². The van der Waals surface area contributed by atoms with E-state index in [1.165, 1.54) is 25.3 Å². The molecule has 1 aliphatic carbocycles. The van der Waals surface area contributed by atoms with Crippen molar-refractivity contribution in [2.24, 2.45) is 5.92 Å². The van der Waals surface area contributed by atoms with Gasteiger partial charge in [-0.25, -0.2) is 4.39 Å². The van der Waals surface area contributed by atoms with Crippen LogP contribution in [0.15, 0.2) is 16.6 Å². The number of aromatic amines is 1. The molecule has 0 unspecified atom stereocenters. The highest BCUT2D eigenvalue weighted by Gasteiger charge is 2.19. The summed E-state index contributed by atoms with van der Waals surface area (Å²) in [6.45, 7) is 0.941. The topological polar surface area (TPSA) is 20.7 Å². The van der Waals surface area contributed by atoms with Gasteiger partial charge in [-0.1, -0.05) is 6.42 Å². The van der Waals surface area contributed by atoms with Crippen LogP contribution in [0.5, 0.6) is 0 Å². The van der Waals surface area contributed by atoms with Gasteiger partial charge < -0.3 is 9.55 Å². The van der Waals surface area contributed by atoms with E-state index in [9.17, 15) is 4.39 Å². The average Bonchev–Trinajstić information content (AvgIpc) is 2.49. The SMILES string of the molecule is Fc1cc2[nH]c(=S)n(CC3CCC3)c2cc1Br. The second kappa shape index (κ2) is 4.21. The smallest absolute Gasteiger partial charge is 0.178 e. The molecule has 0 radical (unpaired) electrons. The monoisotopic (exact) mass is 314 g/mol. The lowest BCUT2D eigenvalue weighted by molar-refractivity contribution is 0.278. The Bertz CT molecular complexity index is 627. The summed E-state index contributed by atoms with van der Waals surface area (Å²) in [5.41, 5.74) is 1.75. The van der Waals surface area contributed by atoms with E-state index in [0.29, 0.717) is 9.24 Å². The number of H-pyrrole nitrogens is 1. The molecule has 0 bridgehead atoms. The van der Waals surface area contributed by atoms with Gasteiger partial charge in [0.25, 0.3) is 0 Å². The first-order valence-corrected chi connectivity index (χ1v) is 6.93. The van der Waals surface area contributed by atoms with Crippen molar-refractivity contribution in [3.8, 4) is 0 Å². The fourth-order valence-corrected chi connectivity index (χ4v) is 2.88. The van der Waals surface area contributed by atoms with E-state index in [-0.39, 0.29) is 5.82 Å². The van der Waals surface area contributed by atoms with E-state index >= 15 is 0 Å². The van der Waals surface area contributed by atoms with Gasteiger partial charge in [-0.05, 0) is 53.0 Å². The summed E-state index contributed by atoms with van der Waals surface area (Å²) in [5.74, 6) is 0.467. The fraction of sp³-hybridized carbons (Fsp3) is 0.417. The molecule has 5 heteroatoms. The number of hydrogen-bond donors (Lipinski definition) is 1. The lowest BCUT2D eigenvalue weighted by atomic mass is 9.85. The summed E-state index contributed by atoms with van der Waals surface area (Å²) in [6.07, 6.45) is 3.87. The second-order valence-corrected chi connectivity index (χ2v) is 5.86. The number of imidazole rings is 1. The summed E-state index contributed by atoms with van der Waals surface area (Å²) >= 11 is 8.52. The Morgan fingerprint density at radius 1 is 1.47 bits per heavy atom. The maximum atomic E-state index is 13.4. The predicted molar refractivity (Wildman–Crippen MR) is 72.1 cm³/mol. The Labute approximate surface area is 112 Å². The van der Waals surface area contributed by atoms with E-state index in [1.807, 2.05) is 0 Å². The second-order valence-electron chi connectivity index (χ2n) is 4.62. The van der Waals surface area contributed by atoms with E-state index in [1.54, 1.807) is 6.07 Å². The molecule has 1 aliphatic rings. The minimum absolute atomic E-state index is 0.260. The maximum absolute atomic E-state index is 13.4. The molecule has 3 rings (SSSR count). The van der Waals surface area contributed by atoms with Crippen LogP contribution in [-0.4, -0.2) is 9.55 Å². The summed E-state index contributed by atoms with van der Waals surface area (Å²) in [4.78, 5) is 3.07. The molecule has 0 spiro atoms. The van der Waals surface area contributed by atoms with Crippen LogP contribution in [0.3, 0.4) is 0 Å². The van der Waals surface area contributed by atoms with E-state index in [2.05, 4.69) is 25.5 Å². The van der Waals surface area contributed by atoms with Crippen molar-refractivity contribution in [3.63, 3.8) is 0 Å². The van der Waals surface area contributed by atoms with Crippen LogP contribution >= 0.6 is 28.1 Å². The van der Waals surface area contributed by atoms with Crippen LogP contribution in [-0.2, 0) is 6.54 Å². The fourth-order valence-electron chi connectivity index (χ4n) is 2.27. The first-order chi connectivity index (χ1) is 8.15. The van der Waals surface area contributed by atoms with Crippen LogP contribution in [0.1, 0.15) is 19.3 Å². The Balaban J connectivity index is 2.12. The van der Waals surface area contributed by atoms with E-state index in [0.717, 1.165) is 23.5 Å². The molecule has 0 saturated heterocycles. The zero-order valence-corrected chi connectivity index (χ0v) is 11.6. The summed E-state index contributed by atoms with van der Waals surface area (Å²) < 4.78 is 16.7. The highest BCUT2D eigenvalue weighted by atomic mass is 79.9. The van der Waals surface area contributed by atoms with Gasteiger partial charge in [-0.15, -0.1) is 0 Å². The molecule has 0 aliphatic heterocycles. The first-order valence-electron chi connectivity index (χ1n) is 5.72. The number of hydrogen-bond acceptors (Lipinski definition) is 1. The van der Waals surface area contributed by atoms with Crippen molar-refractivity contribution in [2.45, 2.75) is 25.8 Å². The van der Waals surface area contributed by atoms with Gasteiger partial charge >= 0.3 is 0 Å².